The van der Waals surface area contributed by atoms with Gasteiger partial charge in [-0.25, -0.2) is 4.79 Å². The maximum atomic E-state index is 12.4. The van der Waals surface area contributed by atoms with E-state index in [2.05, 4.69) is 5.32 Å². The third-order valence-corrected chi connectivity index (χ3v) is 3.67. The van der Waals surface area contributed by atoms with Crippen molar-refractivity contribution in [2.45, 2.75) is 32.8 Å². The van der Waals surface area contributed by atoms with Crippen molar-refractivity contribution in [2.24, 2.45) is 0 Å². The molecule has 0 spiro atoms. The van der Waals surface area contributed by atoms with E-state index in [-0.39, 0.29) is 23.0 Å². The van der Waals surface area contributed by atoms with Gasteiger partial charge in [0.1, 0.15) is 5.75 Å². The normalized spacial score (nSPS) is 11.5. The van der Waals surface area contributed by atoms with Gasteiger partial charge < -0.3 is 15.2 Å². The van der Waals surface area contributed by atoms with Crippen molar-refractivity contribution in [2.75, 3.05) is 5.32 Å². The highest BCUT2D eigenvalue weighted by atomic mass is 16.5. The third kappa shape index (κ3) is 5.17. The topological polar surface area (TPSA) is 92.7 Å². The molecule has 2 aromatic rings. The summed E-state index contributed by atoms with van der Waals surface area (Å²) in [6.45, 7) is 3.40. The molecule has 1 unspecified atom stereocenters. The predicted molar refractivity (Wildman–Crippen MR) is 97.3 cm³/mol. The zero-order chi connectivity index (χ0) is 19.1. The molecule has 0 aliphatic rings. The number of benzene rings is 2. The van der Waals surface area contributed by atoms with Gasteiger partial charge in [0.05, 0.1) is 5.56 Å². The molecule has 136 valence electrons. The second-order valence-electron chi connectivity index (χ2n) is 5.84. The second kappa shape index (κ2) is 8.80. The number of amides is 1. The Bertz CT molecular complexity index is 798. The van der Waals surface area contributed by atoms with E-state index in [4.69, 9.17) is 4.74 Å². The van der Waals surface area contributed by atoms with Gasteiger partial charge in [-0.2, -0.15) is 0 Å². The summed E-state index contributed by atoms with van der Waals surface area (Å²) in [5.74, 6) is -1.19. The number of hydrogen-bond donors (Lipinski definition) is 2. The number of carbonyl (C=O) groups excluding carboxylic acids is 3. The third-order valence-electron chi connectivity index (χ3n) is 3.67. The summed E-state index contributed by atoms with van der Waals surface area (Å²) in [5, 5.41) is 12.1. The van der Waals surface area contributed by atoms with E-state index >= 15 is 0 Å². The number of aromatic hydroxyl groups is 1. The van der Waals surface area contributed by atoms with Crippen molar-refractivity contribution >= 4 is 23.3 Å². The Morgan fingerprint density at radius 1 is 1.08 bits per heavy atom. The Hall–Kier alpha value is -3.15. The zero-order valence-corrected chi connectivity index (χ0v) is 14.7. The lowest BCUT2D eigenvalue weighted by atomic mass is 10.1. The van der Waals surface area contributed by atoms with E-state index < -0.39 is 12.1 Å². The fourth-order valence-electron chi connectivity index (χ4n) is 2.32. The molecule has 2 N–H and O–H groups in total. The predicted octanol–water partition coefficient (Wildman–Crippen LogP) is 3.56. The van der Waals surface area contributed by atoms with Crippen LogP contribution in [0.1, 0.15) is 47.4 Å². The molecular weight excluding hydrogens is 334 g/mol. The molecule has 0 saturated carbocycles. The molecule has 6 nitrogen and oxygen atoms in total. The molecule has 0 heterocycles. The van der Waals surface area contributed by atoms with Crippen molar-refractivity contribution < 1.29 is 24.2 Å². The number of carbonyl (C=O) groups is 3. The minimum absolute atomic E-state index is 0.0564. The maximum absolute atomic E-state index is 12.4. The van der Waals surface area contributed by atoms with Crippen LogP contribution in [0, 0.1) is 0 Å². The molecule has 0 saturated heterocycles. The standard InChI is InChI=1S/C20H21NO5/c1-3-5-18(23)21-16-10-8-14(9-11-16)19(24)13(2)26-20(25)15-6-4-7-17(22)12-15/h4,6-13,22H,3,5H2,1-2H3,(H,21,23). The number of Topliss-reactive ketones (excluding diaryl/α,β-unsaturated/α-hetero) is 1. The van der Waals surface area contributed by atoms with E-state index in [9.17, 15) is 19.5 Å². The van der Waals surface area contributed by atoms with Gasteiger partial charge in [0, 0.05) is 17.7 Å². The van der Waals surface area contributed by atoms with Gasteiger partial charge in [-0.15, -0.1) is 0 Å². The summed E-state index contributed by atoms with van der Waals surface area (Å²) in [7, 11) is 0. The molecule has 6 heteroatoms. The first-order valence-electron chi connectivity index (χ1n) is 8.35. The molecular formula is C20H21NO5. The molecule has 26 heavy (non-hydrogen) atoms. The number of esters is 1. The van der Waals surface area contributed by atoms with Gasteiger partial charge in [0.25, 0.3) is 0 Å². The first-order chi connectivity index (χ1) is 12.4. The van der Waals surface area contributed by atoms with E-state index in [0.29, 0.717) is 17.7 Å². The van der Waals surface area contributed by atoms with Crippen LogP contribution in [0.5, 0.6) is 5.75 Å². The number of hydrogen-bond acceptors (Lipinski definition) is 5. The zero-order valence-electron chi connectivity index (χ0n) is 14.7. The van der Waals surface area contributed by atoms with Gasteiger partial charge in [-0.3, -0.25) is 9.59 Å². The van der Waals surface area contributed by atoms with Gasteiger partial charge in [0.2, 0.25) is 11.7 Å². The summed E-state index contributed by atoms with van der Waals surface area (Å²) < 4.78 is 5.17. The van der Waals surface area contributed by atoms with Crippen LogP contribution in [0.4, 0.5) is 5.69 Å². The first kappa shape index (κ1) is 19.2. The van der Waals surface area contributed by atoms with Crippen LogP contribution in [0.15, 0.2) is 48.5 Å². The van der Waals surface area contributed by atoms with E-state index in [0.717, 1.165) is 6.42 Å². The van der Waals surface area contributed by atoms with Crippen LogP contribution < -0.4 is 5.32 Å². The van der Waals surface area contributed by atoms with Gasteiger partial charge >= 0.3 is 5.97 Å². The molecule has 0 aromatic heterocycles. The van der Waals surface area contributed by atoms with Gasteiger partial charge in [0.15, 0.2) is 6.10 Å². The van der Waals surface area contributed by atoms with Crippen LogP contribution in [0.2, 0.25) is 0 Å². The monoisotopic (exact) mass is 355 g/mol. The number of rotatable bonds is 7. The molecule has 0 aliphatic carbocycles. The number of anilines is 1. The highest BCUT2D eigenvalue weighted by molar-refractivity contribution is 6.02. The molecule has 1 amide bonds. The summed E-state index contributed by atoms with van der Waals surface area (Å²) >= 11 is 0. The lowest BCUT2D eigenvalue weighted by Crippen LogP contribution is -2.24. The summed E-state index contributed by atoms with van der Waals surface area (Å²) in [5.41, 5.74) is 1.14. The van der Waals surface area contributed by atoms with Crippen molar-refractivity contribution in [3.63, 3.8) is 0 Å². The number of phenolic OH excluding ortho intramolecular Hbond substituents is 1. The number of nitrogens with one attached hydrogen (secondary N) is 1. The van der Waals surface area contributed by atoms with E-state index in [1.807, 2.05) is 6.92 Å². The fraction of sp³-hybridized carbons (Fsp3) is 0.250. The Morgan fingerprint density at radius 2 is 1.77 bits per heavy atom. The number of phenols is 1. The first-order valence-corrected chi connectivity index (χ1v) is 8.35. The molecule has 0 radical (unpaired) electrons. The smallest absolute Gasteiger partial charge is 0.338 e. The van der Waals surface area contributed by atoms with Crippen molar-refractivity contribution in [3.05, 3.63) is 59.7 Å². The lowest BCUT2D eigenvalue weighted by molar-refractivity contribution is -0.116. The van der Waals surface area contributed by atoms with E-state index in [1.54, 1.807) is 24.3 Å². The van der Waals surface area contributed by atoms with Crippen LogP contribution >= 0.6 is 0 Å². The number of ketones is 1. The second-order valence-corrected chi connectivity index (χ2v) is 5.84. The maximum Gasteiger partial charge on any atom is 0.338 e. The van der Waals surface area contributed by atoms with Crippen molar-refractivity contribution in [3.8, 4) is 5.75 Å². The highest BCUT2D eigenvalue weighted by Crippen LogP contribution is 2.16. The van der Waals surface area contributed by atoms with Crippen LogP contribution in [0.3, 0.4) is 0 Å². The average Bonchev–Trinajstić information content (AvgIpc) is 2.62. The Kier molecular flexibility index (Phi) is 6.49. The Labute approximate surface area is 151 Å². The molecule has 0 fully saturated rings. The molecule has 2 rings (SSSR count). The van der Waals surface area contributed by atoms with Crippen LogP contribution in [-0.2, 0) is 9.53 Å². The Balaban J connectivity index is 1.99. The molecule has 1 atom stereocenters. The minimum Gasteiger partial charge on any atom is -0.508 e. The fourth-order valence-corrected chi connectivity index (χ4v) is 2.32. The molecule has 0 aliphatic heterocycles. The largest absolute Gasteiger partial charge is 0.508 e. The summed E-state index contributed by atoms with van der Waals surface area (Å²) in [4.78, 5) is 36.0. The van der Waals surface area contributed by atoms with Crippen LogP contribution in [-0.4, -0.2) is 28.9 Å². The quantitative estimate of drug-likeness (QED) is 0.585. The average molecular weight is 355 g/mol. The van der Waals surface area contributed by atoms with E-state index in [1.165, 1.54) is 31.2 Å². The summed E-state index contributed by atoms with van der Waals surface area (Å²) in [6, 6.07) is 12.1. The van der Waals surface area contributed by atoms with Crippen molar-refractivity contribution in [1.29, 1.82) is 0 Å². The van der Waals surface area contributed by atoms with Gasteiger partial charge in [-0.1, -0.05) is 13.0 Å². The van der Waals surface area contributed by atoms with Gasteiger partial charge in [-0.05, 0) is 55.8 Å². The minimum atomic E-state index is -0.981. The lowest BCUT2D eigenvalue weighted by Gasteiger charge is -2.13. The molecule has 2 aromatic carbocycles. The van der Waals surface area contributed by atoms with Crippen LogP contribution in [0.25, 0.3) is 0 Å². The summed E-state index contributed by atoms with van der Waals surface area (Å²) in [6.07, 6.45) is 0.207. The SMILES string of the molecule is CCCC(=O)Nc1ccc(C(=O)C(C)OC(=O)c2cccc(O)c2)cc1. The van der Waals surface area contributed by atoms with Crippen molar-refractivity contribution in [1.82, 2.24) is 0 Å². The Morgan fingerprint density at radius 3 is 2.38 bits per heavy atom. The molecule has 0 bridgehead atoms. The number of ether oxygens (including phenoxy) is 1. The highest BCUT2D eigenvalue weighted by Gasteiger charge is 2.20.